The molecule has 0 radical (unpaired) electrons. The summed E-state index contributed by atoms with van der Waals surface area (Å²) in [4.78, 5) is 3.19. The van der Waals surface area contributed by atoms with E-state index >= 15 is 0 Å². The van der Waals surface area contributed by atoms with Crippen LogP contribution in [-0.2, 0) is 0 Å². The van der Waals surface area contributed by atoms with Crippen LogP contribution in [0.1, 0.15) is 13.8 Å². The van der Waals surface area contributed by atoms with E-state index in [0.717, 1.165) is 0 Å². The predicted molar refractivity (Wildman–Crippen MR) is 42.8 cm³/mol. The smallest absolute Gasteiger partial charge is 0.0419 e. The van der Waals surface area contributed by atoms with Crippen molar-refractivity contribution in [1.82, 2.24) is 4.98 Å². The van der Waals surface area contributed by atoms with Crippen molar-refractivity contribution in [3.05, 3.63) is 22.8 Å². The molecule has 0 unspecified atom stereocenters. The number of nitrogens with one attached hydrogen (secondary N) is 1. The highest BCUT2D eigenvalue weighted by molar-refractivity contribution is 5.53. The van der Waals surface area contributed by atoms with Gasteiger partial charge in [-0.1, -0.05) is 26.0 Å². The van der Waals surface area contributed by atoms with E-state index in [9.17, 15) is 0 Å². The van der Waals surface area contributed by atoms with E-state index in [-0.39, 0.29) is 5.41 Å². The maximum atomic E-state index is 3.19. The van der Waals surface area contributed by atoms with Crippen molar-refractivity contribution in [2.75, 3.05) is 0 Å². The quantitative estimate of drug-likeness (QED) is 0.534. The minimum atomic E-state index is 0.252. The van der Waals surface area contributed by atoms with Crippen LogP contribution >= 0.6 is 0 Å². The van der Waals surface area contributed by atoms with Crippen molar-refractivity contribution >= 4 is 12.2 Å². The largest absolute Gasteiger partial charge is 0.361 e. The summed E-state index contributed by atoms with van der Waals surface area (Å²) in [6.07, 6.45) is 6.51. The monoisotopic (exact) mass is 133 g/mol. The summed E-state index contributed by atoms with van der Waals surface area (Å²) in [6, 6.07) is 2.11. The van der Waals surface area contributed by atoms with Crippen molar-refractivity contribution in [2.45, 2.75) is 13.8 Å². The van der Waals surface area contributed by atoms with Crippen molar-refractivity contribution in [1.29, 1.82) is 0 Å². The Morgan fingerprint density at radius 1 is 1.30 bits per heavy atom. The molecule has 1 heteroatoms. The highest BCUT2D eigenvalue weighted by Crippen LogP contribution is 2.20. The summed E-state index contributed by atoms with van der Waals surface area (Å²) >= 11 is 0. The molecule has 0 amide bonds. The molecule has 1 nitrogen and oxygen atoms in total. The molecule has 0 aromatic carbocycles. The number of rotatable bonds is 0. The molecule has 1 N–H and O–H groups in total. The summed E-state index contributed by atoms with van der Waals surface area (Å²) in [5.41, 5.74) is 0.252. The molecule has 0 saturated carbocycles. The molecule has 1 heterocycles. The Kier molecular flexibility index (Phi) is 0.890. The number of H-pyrrole nitrogens is 1. The van der Waals surface area contributed by atoms with Gasteiger partial charge in [0.05, 0.1) is 0 Å². The Labute approximate surface area is 60.1 Å². The highest BCUT2D eigenvalue weighted by atomic mass is 14.7. The second-order valence-corrected chi connectivity index (χ2v) is 3.46. The fourth-order valence-electron chi connectivity index (χ4n) is 1.46. The Bertz CT molecular complexity index is 322. The van der Waals surface area contributed by atoms with Gasteiger partial charge in [0.1, 0.15) is 0 Å². The van der Waals surface area contributed by atoms with Gasteiger partial charge in [0.2, 0.25) is 0 Å². The molecule has 2 rings (SSSR count). The number of hydrogen-bond acceptors (Lipinski definition) is 0. The van der Waals surface area contributed by atoms with E-state index in [0.29, 0.717) is 0 Å². The summed E-state index contributed by atoms with van der Waals surface area (Å²) in [6.45, 7) is 4.42. The molecular formula is C9H11N. The zero-order chi connectivity index (χ0) is 7.19. The van der Waals surface area contributed by atoms with Crippen LogP contribution in [0, 0.1) is 5.41 Å². The Morgan fingerprint density at radius 2 is 2.10 bits per heavy atom. The molecule has 0 fully saturated rings. The van der Waals surface area contributed by atoms with Crippen LogP contribution in [0.2, 0.25) is 0 Å². The second-order valence-electron chi connectivity index (χ2n) is 3.46. The molecular weight excluding hydrogens is 122 g/mol. The lowest BCUT2D eigenvalue weighted by Crippen LogP contribution is -2.17. The molecule has 0 spiro atoms. The number of fused-ring (bicyclic) bond motifs is 1. The predicted octanol–water partition coefficient (Wildman–Crippen LogP) is 0.615. The maximum absolute atomic E-state index is 3.19. The summed E-state index contributed by atoms with van der Waals surface area (Å²) in [5, 5.41) is 2.61. The van der Waals surface area contributed by atoms with Gasteiger partial charge in [0.25, 0.3) is 0 Å². The van der Waals surface area contributed by atoms with Gasteiger partial charge in [-0.05, 0) is 11.3 Å². The van der Waals surface area contributed by atoms with Crippen molar-refractivity contribution in [2.24, 2.45) is 5.41 Å². The Hall–Kier alpha value is -0.980. The third-order valence-electron chi connectivity index (χ3n) is 1.86. The molecule has 0 saturated heterocycles. The fraction of sp³-hybridized carbons (Fsp3) is 0.333. The fourth-order valence-corrected chi connectivity index (χ4v) is 1.46. The first kappa shape index (κ1) is 5.78. The molecule has 10 heavy (non-hydrogen) atoms. The van der Waals surface area contributed by atoms with E-state index < -0.39 is 0 Å². The molecule has 0 atom stereocenters. The van der Waals surface area contributed by atoms with E-state index in [1.807, 2.05) is 6.20 Å². The van der Waals surface area contributed by atoms with Gasteiger partial charge >= 0.3 is 0 Å². The molecule has 1 aromatic rings. The van der Waals surface area contributed by atoms with E-state index in [2.05, 4.69) is 37.0 Å². The van der Waals surface area contributed by atoms with Crippen LogP contribution in [0.15, 0.2) is 12.3 Å². The van der Waals surface area contributed by atoms with Crippen molar-refractivity contribution in [3.8, 4) is 0 Å². The van der Waals surface area contributed by atoms with E-state index in [1.165, 1.54) is 10.6 Å². The van der Waals surface area contributed by atoms with Crippen LogP contribution in [-0.4, -0.2) is 4.98 Å². The third kappa shape index (κ3) is 0.703. The van der Waals surface area contributed by atoms with Crippen molar-refractivity contribution in [3.63, 3.8) is 0 Å². The molecule has 52 valence electrons. The van der Waals surface area contributed by atoms with Gasteiger partial charge in [-0.25, -0.2) is 0 Å². The third-order valence-corrected chi connectivity index (χ3v) is 1.86. The number of hydrogen-bond donors (Lipinski definition) is 1. The van der Waals surface area contributed by atoms with Gasteiger partial charge < -0.3 is 4.98 Å². The van der Waals surface area contributed by atoms with Gasteiger partial charge in [-0.3, -0.25) is 0 Å². The normalized spacial score (nSPS) is 19.4. The molecule has 1 aliphatic carbocycles. The second kappa shape index (κ2) is 1.54. The first-order valence-corrected chi connectivity index (χ1v) is 3.57. The number of aromatic amines is 1. The van der Waals surface area contributed by atoms with Gasteiger partial charge in [0.15, 0.2) is 0 Å². The first-order valence-electron chi connectivity index (χ1n) is 3.57. The van der Waals surface area contributed by atoms with E-state index in [1.54, 1.807) is 0 Å². The zero-order valence-electron chi connectivity index (χ0n) is 6.31. The Balaban J connectivity index is 2.80. The van der Waals surface area contributed by atoms with Crippen LogP contribution < -0.4 is 10.6 Å². The standard InChI is InChI=1S/C9H11N/c1-9(2)5-7-3-4-10-8(7)6-9/h3-6,10H,1-2H3. The van der Waals surface area contributed by atoms with E-state index in [4.69, 9.17) is 0 Å². The SMILES string of the molecule is CC1(C)C=c2cc[nH]c2=C1. The summed E-state index contributed by atoms with van der Waals surface area (Å²) in [5.74, 6) is 0. The van der Waals surface area contributed by atoms with Gasteiger partial charge in [0, 0.05) is 17.0 Å². The van der Waals surface area contributed by atoms with Crippen LogP contribution in [0.3, 0.4) is 0 Å². The van der Waals surface area contributed by atoms with Crippen LogP contribution in [0.25, 0.3) is 12.2 Å². The van der Waals surface area contributed by atoms with Crippen LogP contribution in [0.5, 0.6) is 0 Å². The highest BCUT2D eigenvalue weighted by Gasteiger charge is 2.14. The zero-order valence-corrected chi connectivity index (χ0v) is 6.31. The lowest BCUT2D eigenvalue weighted by Gasteiger charge is -2.08. The lowest BCUT2D eigenvalue weighted by atomic mass is 9.96. The molecule has 1 aliphatic rings. The molecule has 0 bridgehead atoms. The summed E-state index contributed by atoms with van der Waals surface area (Å²) in [7, 11) is 0. The molecule has 1 aromatic heterocycles. The van der Waals surface area contributed by atoms with Gasteiger partial charge in [-0.2, -0.15) is 0 Å². The topological polar surface area (TPSA) is 15.8 Å². The lowest BCUT2D eigenvalue weighted by molar-refractivity contribution is 0.723. The molecule has 0 aliphatic heterocycles. The Morgan fingerprint density at radius 3 is 2.80 bits per heavy atom. The summed E-state index contributed by atoms with van der Waals surface area (Å²) < 4.78 is 0. The minimum absolute atomic E-state index is 0.252. The van der Waals surface area contributed by atoms with Crippen molar-refractivity contribution < 1.29 is 0 Å². The van der Waals surface area contributed by atoms with Crippen LogP contribution in [0.4, 0.5) is 0 Å². The maximum Gasteiger partial charge on any atom is 0.0419 e. The average molecular weight is 133 g/mol. The first-order chi connectivity index (χ1) is 4.67. The van der Waals surface area contributed by atoms with Gasteiger partial charge in [-0.15, -0.1) is 0 Å². The number of aromatic nitrogens is 1. The minimum Gasteiger partial charge on any atom is -0.361 e. The average Bonchev–Trinajstić information content (AvgIpc) is 2.20.